The first-order valence-electron chi connectivity index (χ1n) is 7.62. The fourth-order valence-electron chi connectivity index (χ4n) is 3.57. The molecule has 1 fully saturated rings. The van der Waals surface area contributed by atoms with Gasteiger partial charge in [-0.05, 0) is 53.2 Å². The summed E-state index contributed by atoms with van der Waals surface area (Å²) in [5.41, 5.74) is 5.32. The Balaban J connectivity index is 0.000000367. The molecule has 0 heteroatoms. The van der Waals surface area contributed by atoms with Crippen LogP contribution in [0.1, 0.15) is 88.8 Å². The number of fused-ring (bicyclic) bond motifs is 5. The summed E-state index contributed by atoms with van der Waals surface area (Å²) < 4.78 is 0. The van der Waals surface area contributed by atoms with Crippen LogP contribution in [-0.2, 0) is 5.41 Å². The highest BCUT2D eigenvalue weighted by atomic mass is 14.4. The normalized spacial score (nSPS) is 24.5. The molecule has 0 N–H and O–H groups in total. The minimum Gasteiger partial charge on any atom is -0.0656 e. The van der Waals surface area contributed by atoms with E-state index in [1.165, 1.54) is 25.7 Å². The van der Waals surface area contributed by atoms with Gasteiger partial charge < -0.3 is 0 Å². The number of hydrogen-bond donors (Lipinski definition) is 0. The van der Waals surface area contributed by atoms with E-state index in [9.17, 15) is 0 Å². The van der Waals surface area contributed by atoms with Gasteiger partial charge in [0.15, 0.2) is 0 Å². The quantitative estimate of drug-likeness (QED) is 0.544. The van der Waals surface area contributed by atoms with Gasteiger partial charge in [0.25, 0.3) is 0 Å². The van der Waals surface area contributed by atoms with E-state index in [2.05, 4.69) is 52.8 Å². The molecule has 1 saturated carbocycles. The molecule has 0 radical (unpaired) electrons. The first-order chi connectivity index (χ1) is 8.49. The molecule has 18 heavy (non-hydrogen) atoms. The largest absolute Gasteiger partial charge is 0.0656 e. The van der Waals surface area contributed by atoms with Gasteiger partial charge >= 0.3 is 0 Å². The summed E-state index contributed by atoms with van der Waals surface area (Å²) in [5.74, 6) is 1.78. The Morgan fingerprint density at radius 2 is 1.67 bits per heavy atom. The van der Waals surface area contributed by atoms with Crippen molar-refractivity contribution in [2.24, 2.45) is 0 Å². The SMILES string of the molecule is CC(C)(C)c1cccc2c1C1CCC2C1.CCC. The number of rotatable bonds is 0. The van der Waals surface area contributed by atoms with E-state index < -0.39 is 0 Å². The third kappa shape index (κ3) is 2.35. The Bertz CT molecular complexity index is 409. The third-order valence-corrected chi connectivity index (χ3v) is 4.23. The molecule has 0 spiro atoms. The zero-order valence-corrected chi connectivity index (χ0v) is 12.7. The second-order valence-corrected chi connectivity index (χ2v) is 6.97. The molecule has 0 aromatic heterocycles. The Hall–Kier alpha value is -0.780. The van der Waals surface area contributed by atoms with Crippen LogP contribution in [-0.4, -0.2) is 0 Å². The molecule has 2 unspecified atom stereocenters. The van der Waals surface area contributed by atoms with Crippen LogP contribution in [0.3, 0.4) is 0 Å². The van der Waals surface area contributed by atoms with Crippen molar-refractivity contribution >= 4 is 0 Å². The molecule has 0 heterocycles. The zero-order valence-electron chi connectivity index (χ0n) is 12.7. The third-order valence-electron chi connectivity index (χ3n) is 4.23. The summed E-state index contributed by atoms with van der Waals surface area (Å²) in [6.45, 7) is 11.3. The van der Waals surface area contributed by atoms with Crippen molar-refractivity contribution in [1.29, 1.82) is 0 Å². The second-order valence-electron chi connectivity index (χ2n) is 6.97. The minimum absolute atomic E-state index is 0.315. The van der Waals surface area contributed by atoms with Crippen LogP contribution in [0.25, 0.3) is 0 Å². The van der Waals surface area contributed by atoms with Crippen molar-refractivity contribution in [3.8, 4) is 0 Å². The van der Waals surface area contributed by atoms with Crippen molar-refractivity contribution in [2.45, 2.75) is 77.6 Å². The van der Waals surface area contributed by atoms with Crippen LogP contribution in [0.5, 0.6) is 0 Å². The van der Waals surface area contributed by atoms with Crippen LogP contribution >= 0.6 is 0 Å². The average molecular weight is 244 g/mol. The summed E-state index contributed by atoms with van der Waals surface area (Å²) in [5, 5.41) is 0. The molecule has 1 aromatic rings. The van der Waals surface area contributed by atoms with Gasteiger partial charge in [-0.3, -0.25) is 0 Å². The Morgan fingerprint density at radius 1 is 1.06 bits per heavy atom. The lowest BCUT2D eigenvalue weighted by Crippen LogP contribution is -2.16. The molecule has 0 aliphatic heterocycles. The molecule has 2 bridgehead atoms. The lowest BCUT2D eigenvalue weighted by atomic mass is 9.78. The van der Waals surface area contributed by atoms with Crippen molar-refractivity contribution in [2.75, 3.05) is 0 Å². The molecule has 100 valence electrons. The predicted molar refractivity (Wildman–Crippen MR) is 80.4 cm³/mol. The second kappa shape index (κ2) is 5.07. The molecule has 0 saturated heterocycles. The lowest BCUT2D eigenvalue weighted by Gasteiger charge is -2.27. The van der Waals surface area contributed by atoms with Gasteiger partial charge in [-0.25, -0.2) is 0 Å². The van der Waals surface area contributed by atoms with Gasteiger partial charge in [0.1, 0.15) is 0 Å². The Kier molecular flexibility index (Phi) is 3.84. The number of hydrogen-bond acceptors (Lipinski definition) is 0. The van der Waals surface area contributed by atoms with Crippen LogP contribution in [0.2, 0.25) is 0 Å². The summed E-state index contributed by atoms with van der Waals surface area (Å²) in [6.07, 6.45) is 5.55. The van der Waals surface area contributed by atoms with Crippen molar-refractivity contribution < 1.29 is 0 Å². The highest BCUT2D eigenvalue weighted by Gasteiger charge is 2.39. The standard InChI is InChI=1S/C15H20.C3H8/c1-15(2,3)13-6-4-5-12-10-7-8-11(9-10)14(12)13;1-3-2/h4-6,10-11H,7-9H2,1-3H3;3H2,1-2H3. The van der Waals surface area contributed by atoms with Gasteiger partial charge in [0, 0.05) is 0 Å². The predicted octanol–water partition coefficient (Wildman–Crippen LogP) is 5.77. The van der Waals surface area contributed by atoms with Gasteiger partial charge in [0.2, 0.25) is 0 Å². The molecular weight excluding hydrogens is 216 g/mol. The molecule has 3 rings (SSSR count). The van der Waals surface area contributed by atoms with Gasteiger partial charge in [-0.2, -0.15) is 0 Å². The molecular formula is C18H28. The maximum atomic E-state index is 2.37. The monoisotopic (exact) mass is 244 g/mol. The van der Waals surface area contributed by atoms with E-state index >= 15 is 0 Å². The van der Waals surface area contributed by atoms with E-state index in [1.807, 2.05) is 0 Å². The molecule has 2 atom stereocenters. The zero-order chi connectivity index (χ0) is 13.3. The van der Waals surface area contributed by atoms with Crippen LogP contribution in [0.15, 0.2) is 18.2 Å². The summed E-state index contributed by atoms with van der Waals surface area (Å²) in [4.78, 5) is 0. The highest BCUT2D eigenvalue weighted by molar-refractivity contribution is 5.48. The topological polar surface area (TPSA) is 0 Å². The van der Waals surface area contributed by atoms with E-state index in [1.54, 1.807) is 16.7 Å². The Labute approximate surface area is 113 Å². The van der Waals surface area contributed by atoms with Crippen LogP contribution in [0.4, 0.5) is 0 Å². The minimum atomic E-state index is 0.315. The van der Waals surface area contributed by atoms with Crippen molar-refractivity contribution in [3.63, 3.8) is 0 Å². The average Bonchev–Trinajstić information content (AvgIpc) is 2.89. The van der Waals surface area contributed by atoms with E-state index in [0.29, 0.717) is 5.41 Å². The fraction of sp³-hybridized carbons (Fsp3) is 0.667. The first kappa shape index (κ1) is 13.6. The summed E-state index contributed by atoms with van der Waals surface area (Å²) >= 11 is 0. The van der Waals surface area contributed by atoms with Gasteiger partial charge in [-0.1, -0.05) is 59.2 Å². The maximum absolute atomic E-state index is 2.37. The molecule has 2 aliphatic rings. The highest BCUT2D eigenvalue weighted by Crippen LogP contribution is 2.55. The van der Waals surface area contributed by atoms with Crippen molar-refractivity contribution in [1.82, 2.24) is 0 Å². The smallest absolute Gasteiger partial charge is 0.0129 e. The van der Waals surface area contributed by atoms with Gasteiger partial charge in [0.05, 0.1) is 0 Å². The Morgan fingerprint density at radius 3 is 2.28 bits per heavy atom. The maximum Gasteiger partial charge on any atom is -0.0129 e. The van der Waals surface area contributed by atoms with E-state index in [4.69, 9.17) is 0 Å². The van der Waals surface area contributed by atoms with E-state index in [-0.39, 0.29) is 0 Å². The molecule has 1 aromatic carbocycles. The van der Waals surface area contributed by atoms with Crippen LogP contribution < -0.4 is 0 Å². The van der Waals surface area contributed by atoms with Gasteiger partial charge in [-0.15, -0.1) is 0 Å². The lowest BCUT2D eigenvalue weighted by molar-refractivity contribution is 0.569. The molecule has 0 nitrogen and oxygen atoms in total. The first-order valence-corrected chi connectivity index (χ1v) is 7.62. The molecule has 2 aliphatic carbocycles. The summed E-state index contributed by atoms with van der Waals surface area (Å²) in [7, 11) is 0. The van der Waals surface area contributed by atoms with Crippen molar-refractivity contribution in [3.05, 3.63) is 34.9 Å². The summed E-state index contributed by atoms with van der Waals surface area (Å²) in [6, 6.07) is 6.98. The fourth-order valence-corrected chi connectivity index (χ4v) is 3.57. The van der Waals surface area contributed by atoms with Crippen LogP contribution in [0, 0.1) is 0 Å². The van der Waals surface area contributed by atoms with E-state index in [0.717, 1.165) is 11.8 Å². The number of benzene rings is 1. The molecule has 0 amide bonds.